The van der Waals surface area contributed by atoms with E-state index in [9.17, 15) is 9.18 Å². The van der Waals surface area contributed by atoms with Crippen LogP contribution in [0, 0.1) is 23.2 Å². The Morgan fingerprint density at radius 1 is 1.35 bits per heavy atom. The molecule has 0 spiro atoms. The van der Waals surface area contributed by atoms with Crippen LogP contribution < -0.4 is 0 Å². The van der Waals surface area contributed by atoms with Gasteiger partial charge in [0.2, 0.25) is 5.91 Å². The smallest absolute Gasteiger partial charge is 0.223 e. The van der Waals surface area contributed by atoms with Crippen molar-refractivity contribution in [1.29, 1.82) is 5.26 Å². The maximum absolute atomic E-state index is 13.4. The normalized spacial score (nSPS) is 30.5. The summed E-state index contributed by atoms with van der Waals surface area (Å²) in [5, 5.41) is 13.2. The molecule has 1 saturated carbocycles. The maximum atomic E-state index is 13.4. The van der Waals surface area contributed by atoms with Gasteiger partial charge in [0.25, 0.3) is 0 Å². The Balaban J connectivity index is 1.42. The van der Waals surface area contributed by atoms with Gasteiger partial charge in [-0.05, 0) is 31.1 Å². The highest BCUT2D eigenvalue weighted by molar-refractivity contribution is 5.77. The summed E-state index contributed by atoms with van der Waals surface area (Å²) in [5.74, 6) is 1.05. The van der Waals surface area contributed by atoms with Crippen LogP contribution in [0.1, 0.15) is 38.5 Å². The number of aromatic nitrogens is 3. The van der Waals surface area contributed by atoms with Gasteiger partial charge in [-0.15, -0.1) is 0 Å². The van der Waals surface area contributed by atoms with E-state index in [1.54, 1.807) is 12.7 Å². The van der Waals surface area contributed by atoms with Crippen LogP contribution in [0.15, 0.2) is 12.7 Å². The van der Waals surface area contributed by atoms with Crippen LogP contribution in [0.2, 0.25) is 0 Å². The summed E-state index contributed by atoms with van der Waals surface area (Å²) >= 11 is 0. The lowest BCUT2D eigenvalue weighted by Gasteiger charge is -2.20. The molecule has 4 atom stereocenters. The fourth-order valence-electron chi connectivity index (χ4n) is 3.85. The molecule has 124 valence electrons. The molecule has 1 aromatic heterocycles. The van der Waals surface area contributed by atoms with Crippen molar-refractivity contribution in [3.8, 4) is 6.07 Å². The van der Waals surface area contributed by atoms with Gasteiger partial charge in [-0.3, -0.25) is 9.48 Å². The summed E-state index contributed by atoms with van der Waals surface area (Å²) in [6.07, 6.45) is 7.01. The van der Waals surface area contributed by atoms with Crippen molar-refractivity contribution in [2.24, 2.45) is 11.8 Å². The van der Waals surface area contributed by atoms with Crippen molar-refractivity contribution in [1.82, 2.24) is 19.7 Å². The molecule has 0 bridgehead atoms. The first-order valence-electron chi connectivity index (χ1n) is 8.31. The molecule has 2 fully saturated rings. The molecule has 0 aromatic carbocycles. The van der Waals surface area contributed by atoms with Gasteiger partial charge in [0.1, 0.15) is 24.9 Å². The van der Waals surface area contributed by atoms with Gasteiger partial charge in [-0.1, -0.05) is 6.42 Å². The van der Waals surface area contributed by atoms with E-state index in [-0.39, 0.29) is 18.9 Å². The topological polar surface area (TPSA) is 74.8 Å². The number of nitriles is 1. The molecule has 1 aliphatic heterocycles. The molecular formula is C16H22FN5O. The Bertz CT molecular complexity index is 570. The molecule has 7 heteroatoms. The number of alkyl halides is 1. The summed E-state index contributed by atoms with van der Waals surface area (Å²) in [5.41, 5.74) is 0. The number of amides is 1. The maximum Gasteiger partial charge on any atom is 0.223 e. The van der Waals surface area contributed by atoms with Crippen LogP contribution in [0.25, 0.3) is 0 Å². The lowest BCUT2D eigenvalue weighted by atomic mass is 9.99. The largest absolute Gasteiger partial charge is 0.324 e. The van der Waals surface area contributed by atoms with Gasteiger partial charge in [0.15, 0.2) is 0 Å². The lowest BCUT2D eigenvalue weighted by Crippen LogP contribution is -2.35. The lowest BCUT2D eigenvalue weighted by molar-refractivity contribution is -0.131. The van der Waals surface area contributed by atoms with Crippen LogP contribution in [0.3, 0.4) is 0 Å². The Hall–Kier alpha value is -1.97. The van der Waals surface area contributed by atoms with Gasteiger partial charge in [0, 0.05) is 19.4 Å². The number of nitrogens with zero attached hydrogens (tertiary/aromatic N) is 5. The Morgan fingerprint density at radius 2 is 2.17 bits per heavy atom. The van der Waals surface area contributed by atoms with E-state index in [2.05, 4.69) is 10.1 Å². The third-order valence-electron chi connectivity index (χ3n) is 5.05. The molecule has 1 aliphatic carbocycles. The Labute approximate surface area is 135 Å². The van der Waals surface area contributed by atoms with Crippen LogP contribution in [-0.4, -0.2) is 44.3 Å². The summed E-state index contributed by atoms with van der Waals surface area (Å²) in [6, 6.07) is 1.45. The number of rotatable bonds is 5. The van der Waals surface area contributed by atoms with Crippen LogP contribution in [0.4, 0.5) is 4.39 Å². The van der Waals surface area contributed by atoms with Crippen molar-refractivity contribution < 1.29 is 9.18 Å². The predicted molar refractivity (Wildman–Crippen MR) is 80.7 cm³/mol. The quantitative estimate of drug-likeness (QED) is 0.831. The number of likely N-dealkylation sites (tertiary alicyclic amines) is 1. The number of hydrogen-bond acceptors (Lipinski definition) is 4. The number of hydrogen-bond donors (Lipinski definition) is 0. The van der Waals surface area contributed by atoms with E-state index in [0.717, 1.165) is 32.2 Å². The molecule has 1 amide bonds. The van der Waals surface area contributed by atoms with Crippen LogP contribution >= 0.6 is 0 Å². The molecule has 1 unspecified atom stereocenters. The van der Waals surface area contributed by atoms with Gasteiger partial charge in [-0.25, -0.2) is 9.37 Å². The summed E-state index contributed by atoms with van der Waals surface area (Å²) in [6.45, 7) is 0.966. The fraction of sp³-hybridized carbons (Fsp3) is 0.750. The second-order valence-corrected chi connectivity index (χ2v) is 6.73. The molecule has 1 aromatic rings. The molecule has 6 nitrogen and oxygen atoms in total. The predicted octanol–water partition coefficient (Wildman–Crippen LogP) is 1.94. The molecule has 23 heavy (non-hydrogen) atoms. The first-order valence-corrected chi connectivity index (χ1v) is 8.31. The third kappa shape index (κ3) is 3.87. The van der Waals surface area contributed by atoms with Crippen molar-refractivity contribution in [2.45, 2.75) is 57.3 Å². The van der Waals surface area contributed by atoms with Gasteiger partial charge in [-0.2, -0.15) is 10.4 Å². The first kappa shape index (κ1) is 15.9. The van der Waals surface area contributed by atoms with E-state index in [4.69, 9.17) is 5.26 Å². The van der Waals surface area contributed by atoms with E-state index < -0.39 is 12.2 Å². The average Bonchev–Trinajstić information content (AvgIpc) is 3.26. The van der Waals surface area contributed by atoms with Crippen molar-refractivity contribution in [3.05, 3.63) is 12.7 Å². The van der Waals surface area contributed by atoms with Crippen LogP contribution in [0.5, 0.6) is 0 Å². The molecule has 2 aliphatic rings. The Kier molecular flexibility index (Phi) is 4.89. The fourth-order valence-corrected chi connectivity index (χ4v) is 3.85. The number of carbonyl (C=O) groups is 1. The van der Waals surface area contributed by atoms with Crippen molar-refractivity contribution >= 4 is 5.91 Å². The van der Waals surface area contributed by atoms with Crippen molar-refractivity contribution in [3.63, 3.8) is 0 Å². The number of carbonyl (C=O) groups excluding carboxylic acids is 1. The highest BCUT2D eigenvalue weighted by atomic mass is 19.1. The zero-order valence-corrected chi connectivity index (χ0v) is 13.1. The molecule has 0 N–H and O–H groups in total. The summed E-state index contributed by atoms with van der Waals surface area (Å²) in [4.78, 5) is 17.6. The number of halogens is 1. The SMILES string of the molecule is N#CC1C[C@H](F)CN1C(=O)CC[C@@H]1CC[C@H](Cn2cncn2)C1. The minimum Gasteiger partial charge on any atom is -0.324 e. The third-order valence-corrected chi connectivity index (χ3v) is 5.05. The second-order valence-electron chi connectivity index (χ2n) is 6.73. The minimum atomic E-state index is -1.05. The van der Waals surface area contributed by atoms with E-state index in [1.165, 1.54) is 4.90 Å². The minimum absolute atomic E-state index is 0.0728. The molecule has 1 saturated heterocycles. The van der Waals surface area contributed by atoms with Crippen LogP contribution in [-0.2, 0) is 11.3 Å². The summed E-state index contributed by atoms with van der Waals surface area (Å²) < 4.78 is 15.2. The summed E-state index contributed by atoms with van der Waals surface area (Å²) in [7, 11) is 0. The van der Waals surface area contributed by atoms with E-state index in [1.807, 2.05) is 10.8 Å². The molecule has 0 radical (unpaired) electrons. The highest BCUT2D eigenvalue weighted by Crippen LogP contribution is 2.35. The van der Waals surface area contributed by atoms with Gasteiger partial charge < -0.3 is 4.90 Å². The van der Waals surface area contributed by atoms with E-state index >= 15 is 0 Å². The zero-order valence-electron chi connectivity index (χ0n) is 13.1. The average molecular weight is 319 g/mol. The molecule has 3 rings (SSSR count). The van der Waals surface area contributed by atoms with Gasteiger partial charge in [0.05, 0.1) is 12.6 Å². The molecular weight excluding hydrogens is 297 g/mol. The van der Waals surface area contributed by atoms with Gasteiger partial charge >= 0.3 is 0 Å². The monoisotopic (exact) mass is 319 g/mol. The van der Waals surface area contributed by atoms with Crippen molar-refractivity contribution in [2.75, 3.05) is 6.54 Å². The Morgan fingerprint density at radius 3 is 2.91 bits per heavy atom. The standard InChI is InChI=1S/C16H22FN5O/c17-14-6-15(7-18)22(9-14)16(23)4-3-12-1-2-13(5-12)8-21-11-19-10-20-21/h10-15H,1-6,8-9H2/t12-,13-,14-,15?/m0/s1. The second kappa shape index (κ2) is 7.07. The first-order chi connectivity index (χ1) is 11.2. The highest BCUT2D eigenvalue weighted by Gasteiger charge is 2.35. The van der Waals surface area contributed by atoms with E-state index in [0.29, 0.717) is 18.3 Å². The molecule has 2 heterocycles. The zero-order chi connectivity index (χ0) is 16.2.